The van der Waals surface area contributed by atoms with Crippen molar-refractivity contribution in [2.45, 2.75) is 47.5 Å². The van der Waals surface area contributed by atoms with E-state index in [1.807, 2.05) is 13.8 Å². The molecule has 1 heteroatoms. The van der Waals surface area contributed by atoms with E-state index < -0.39 is 0 Å². The first kappa shape index (κ1) is 13.0. The zero-order chi connectivity index (χ0) is 10.5. The number of nitrogens with zero attached hydrogens (tertiary/aromatic N) is 1. The first-order chi connectivity index (χ1) is 6.02. The minimum absolute atomic E-state index is 0.684. The Morgan fingerprint density at radius 1 is 1.23 bits per heavy atom. The second-order valence-electron chi connectivity index (χ2n) is 4.90. The minimum Gasteiger partial charge on any atom is -0.306 e. The Labute approximate surface area is 84.5 Å². The van der Waals surface area contributed by atoms with Gasteiger partial charge in [0.2, 0.25) is 0 Å². The molecule has 1 nitrogen and oxygen atoms in total. The second kappa shape index (κ2) is 5.64. The molecule has 1 fully saturated rings. The fourth-order valence-electron chi connectivity index (χ4n) is 1.71. The summed E-state index contributed by atoms with van der Waals surface area (Å²) < 4.78 is 0. The molecule has 80 valence electrons. The molecular weight excluding hydrogens is 158 g/mol. The third kappa shape index (κ3) is 6.09. The summed E-state index contributed by atoms with van der Waals surface area (Å²) in [7, 11) is 2.24. The summed E-state index contributed by atoms with van der Waals surface area (Å²) >= 11 is 0. The van der Waals surface area contributed by atoms with Crippen LogP contribution in [0.3, 0.4) is 0 Å². The zero-order valence-electron chi connectivity index (χ0n) is 10.4. The summed E-state index contributed by atoms with van der Waals surface area (Å²) in [6.45, 7) is 13.5. The standard InChI is InChI=1S/C10H21N.C2H6/c1-9(2)7-11(4)8-10(3)5-6-10;1-2/h9H,5-8H2,1-4H3;1-2H3. The maximum atomic E-state index is 2.47. The molecule has 0 aromatic carbocycles. The number of hydrogen-bond acceptors (Lipinski definition) is 1. The van der Waals surface area contributed by atoms with Gasteiger partial charge in [0.25, 0.3) is 0 Å². The van der Waals surface area contributed by atoms with E-state index in [1.54, 1.807) is 0 Å². The van der Waals surface area contributed by atoms with Crippen LogP contribution in [0.2, 0.25) is 0 Å². The highest BCUT2D eigenvalue weighted by atomic mass is 15.1. The molecule has 0 aliphatic heterocycles. The van der Waals surface area contributed by atoms with Crippen molar-refractivity contribution in [1.82, 2.24) is 4.90 Å². The van der Waals surface area contributed by atoms with Gasteiger partial charge in [-0.3, -0.25) is 0 Å². The molecule has 0 unspecified atom stereocenters. The summed E-state index contributed by atoms with van der Waals surface area (Å²) in [5.74, 6) is 0.808. The van der Waals surface area contributed by atoms with Crippen molar-refractivity contribution in [2.24, 2.45) is 11.3 Å². The van der Waals surface area contributed by atoms with Gasteiger partial charge in [-0.15, -0.1) is 0 Å². The maximum absolute atomic E-state index is 2.47. The lowest BCUT2D eigenvalue weighted by molar-refractivity contribution is 0.248. The monoisotopic (exact) mass is 185 g/mol. The van der Waals surface area contributed by atoms with Crippen molar-refractivity contribution in [3.05, 3.63) is 0 Å². The summed E-state index contributed by atoms with van der Waals surface area (Å²) in [6, 6.07) is 0. The Morgan fingerprint density at radius 3 is 2.00 bits per heavy atom. The normalized spacial score (nSPS) is 18.5. The first-order valence-electron chi connectivity index (χ1n) is 5.70. The molecule has 0 amide bonds. The van der Waals surface area contributed by atoms with Crippen LogP contribution in [0.4, 0.5) is 0 Å². The van der Waals surface area contributed by atoms with Crippen molar-refractivity contribution >= 4 is 0 Å². The highest BCUT2D eigenvalue weighted by Crippen LogP contribution is 2.45. The molecule has 0 saturated heterocycles. The van der Waals surface area contributed by atoms with Crippen LogP contribution in [-0.2, 0) is 0 Å². The third-order valence-corrected chi connectivity index (χ3v) is 2.43. The molecule has 13 heavy (non-hydrogen) atoms. The molecule has 0 atom stereocenters. The Hall–Kier alpha value is -0.0400. The molecule has 1 saturated carbocycles. The third-order valence-electron chi connectivity index (χ3n) is 2.43. The van der Waals surface area contributed by atoms with Gasteiger partial charge in [-0.2, -0.15) is 0 Å². The van der Waals surface area contributed by atoms with Crippen molar-refractivity contribution in [3.63, 3.8) is 0 Å². The lowest BCUT2D eigenvalue weighted by atomic mass is 10.1. The van der Waals surface area contributed by atoms with E-state index >= 15 is 0 Å². The SMILES string of the molecule is CC.CC(C)CN(C)CC1(C)CC1. The summed E-state index contributed by atoms with van der Waals surface area (Å²) in [5.41, 5.74) is 0.684. The Kier molecular flexibility index (Phi) is 5.62. The van der Waals surface area contributed by atoms with E-state index in [0.717, 1.165) is 5.92 Å². The van der Waals surface area contributed by atoms with Gasteiger partial charge in [-0.25, -0.2) is 0 Å². The predicted molar refractivity (Wildman–Crippen MR) is 61.0 cm³/mol. The quantitative estimate of drug-likeness (QED) is 0.649. The highest BCUT2D eigenvalue weighted by Gasteiger charge is 2.37. The molecular formula is C12H27N. The largest absolute Gasteiger partial charge is 0.306 e. The highest BCUT2D eigenvalue weighted by molar-refractivity contribution is 4.90. The number of rotatable bonds is 4. The molecule has 0 heterocycles. The maximum Gasteiger partial charge on any atom is 0.00324 e. The molecule has 1 rings (SSSR count). The molecule has 0 bridgehead atoms. The first-order valence-corrected chi connectivity index (χ1v) is 5.70. The topological polar surface area (TPSA) is 3.24 Å². The van der Waals surface area contributed by atoms with E-state index in [2.05, 4.69) is 32.7 Å². The molecule has 0 spiro atoms. The molecule has 1 aliphatic rings. The van der Waals surface area contributed by atoms with Crippen LogP contribution in [0, 0.1) is 11.3 Å². The van der Waals surface area contributed by atoms with Crippen molar-refractivity contribution in [3.8, 4) is 0 Å². The fourth-order valence-corrected chi connectivity index (χ4v) is 1.71. The summed E-state index contributed by atoms with van der Waals surface area (Å²) in [4.78, 5) is 2.47. The van der Waals surface area contributed by atoms with Gasteiger partial charge in [0.1, 0.15) is 0 Å². The van der Waals surface area contributed by atoms with Gasteiger partial charge in [0.05, 0.1) is 0 Å². The molecule has 1 aliphatic carbocycles. The van der Waals surface area contributed by atoms with Crippen LogP contribution < -0.4 is 0 Å². The van der Waals surface area contributed by atoms with Gasteiger partial charge in [-0.05, 0) is 31.2 Å². The molecule has 0 aromatic heterocycles. The molecule has 0 aromatic rings. The van der Waals surface area contributed by atoms with Crippen molar-refractivity contribution in [1.29, 1.82) is 0 Å². The van der Waals surface area contributed by atoms with Gasteiger partial charge in [0, 0.05) is 13.1 Å². The van der Waals surface area contributed by atoms with E-state index in [4.69, 9.17) is 0 Å². The van der Waals surface area contributed by atoms with Crippen LogP contribution in [0.5, 0.6) is 0 Å². The van der Waals surface area contributed by atoms with Crippen molar-refractivity contribution in [2.75, 3.05) is 20.1 Å². The lowest BCUT2D eigenvalue weighted by Crippen LogP contribution is -2.28. The Balaban J connectivity index is 0.000000671. The van der Waals surface area contributed by atoms with Gasteiger partial charge < -0.3 is 4.90 Å². The van der Waals surface area contributed by atoms with E-state index in [0.29, 0.717) is 5.41 Å². The molecule has 0 N–H and O–H groups in total. The van der Waals surface area contributed by atoms with E-state index in [9.17, 15) is 0 Å². The van der Waals surface area contributed by atoms with E-state index in [-0.39, 0.29) is 0 Å². The average Bonchev–Trinajstić information content (AvgIpc) is 2.69. The Bertz CT molecular complexity index is 125. The van der Waals surface area contributed by atoms with Crippen LogP contribution in [-0.4, -0.2) is 25.0 Å². The summed E-state index contributed by atoms with van der Waals surface area (Å²) in [5, 5.41) is 0. The minimum atomic E-state index is 0.684. The fraction of sp³-hybridized carbons (Fsp3) is 1.00. The Morgan fingerprint density at radius 2 is 1.69 bits per heavy atom. The summed E-state index contributed by atoms with van der Waals surface area (Å²) in [6.07, 6.45) is 2.88. The van der Waals surface area contributed by atoms with E-state index in [1.165, 1.54) is 25.9 Å². The van der Waals surface area contributed by atoms with Gasteiger partial charge in [-0.1, -0.05) is 34.6 Å². The van der Waals surface area contributed by atoms with Crippen LogP contribution in [0.25, 0.3) is 0 Å². The van der Waals surface area contributed by atoms with Crippen LogP contribution in [0.15, 0.2) is 0 Å². The van der Waals surface area contributed by atoms with Gasteiger partial charge in [0.15, 0.2) is 0 Å². The smallest absolute Gasteiger partial charge is 0.00324 e. The van der Waals surface area contributed by atoms with Crippen molar-refractivity contribution < 1.29 is 0 Å². The second-order valence-corrected chi connectivity index (χ2v) is 4.90. The van der Waals surface area contributed by atoms with Crippen LogP contribution in [0.1, 0.15) is 47.5 Å². The number of hydrogen-bond donors (Lipinski definition) is 0. The van der Waals surface area contributed by atoms with Gasteiger partial charge >= 0.3 is 0 Å². The average molecular weight is 185 g/mol. The zero-order valence-corrected chi connectivity index (χ0v) is 10.4. The molecule has 0 radical (unpaired) electrons. The lowest BCUT2D eigenvalue weighted by Gasteiger charge is -2.22. The van der Waals surface area contributed by atoms with Crippen LogP contribution >= 0.6 is 0 Å². The predicted octanol–water partition coefficient (Wildman–Crippen LogP) is 3.40.